The Morgan fingerprint density at radius 3 is 2.58 bits per heavy atom. The highest BCUT2D eigenvalue weighted by atomic mass is 16.2. The van der Waals surface area contributed by atoms with Gasteiger partial charge in [-0.05, 0) is 26.0 Å². The summed E-state index contributed by atoms with van der Waals surface area (Å²) in [5.41, 5.74) is 5.55. The Hall–Kier alpha value is -3.52. The van der Waals surface area contributed by atoms with Crippen molar-refractivity contribution >= 4 is 16.8 Å². The molecule has 1 saturated heterocycles. The Morgan fingerprint density at radius 1 is 1.09 bits per heavy atom. The topological polar surface area (TPSA) is 72.1 Å². The lowest BCUT2D eigenvalue weighted by molar-refractivity contribution is 0.0630. The van der Waals surface area contributed by atoms with Crippen molar-refractivity contribution in [3.05, 3.63) is 65.7 Å². The third-order valence-electron chi connectivity index (χ3n) is 6.37. The molecule has 0 bridgehead atoms. The van der Waals surface area contributed by atoms with Gasteiger partial charge in [-0.3, -0.25) is 19.1 Å². The number of fused-ring (bicyclic) bond motifs is 1. The summed E-state index contributed by atoms with van der Waals surface area (Å²) in [6.45, 7) is 9.03. The number of pyridine rings is 1. The van der Waals surface area contributed by atoms with Gasteiger partial charge in [-0.25, -0.2) is 4.98 Å². The number of piperazine rings is 1. The lowest BCUT2D eigenvalue weighted by Gasteiger charge is -2.35. The fourth-order valence-corrected chi connectivity index (χ4v) is 4.45. The fourth-order valence-electron chi connectivity index (χ4n) is 4.45. The molecule has 0 spiro atoms. The molecule has 1 aliphatic heterocycles. The second-order valence-corrected chi connectivity index (χ2v) is 8.64. The van der Waals surface area contributed by atoms with E-state index in [1.165, 1.54) is 5.56 Å². The van der Waals surface area contributed by atoms with E-state index in [0.29, 0.717) is 18.7 Å². The van der Waals surface area contributed by atoms with Crippen molar-refractivity contribution in [3.63, 3.8) is 0 Å². The second kappa shape index (κ2) is 8.78. The first-order valence-electron chi connectivity index (χ1n) is 11.4. The normalized spacial score (nSPS) is 14.8. The van der Waals surface area contributed by atoms with Crippen molar-refractivity contribution in [2.75, 3.05) is 26.2 Å². The number of rotatable bonds is 5. The fraction of sp³-hybridized carbons (Fsp3) is 0.360. The van der Waals surface area contributed by atoms with Crippen molar-refractivity contribution in [3.8, 4) is 11.3 Å². The minimum atomic E-state index is 0.0633. The zero-order chi connectivity index (χ0) is 22.9. The summed E-state index contributed by atoms with van der Waals surface area (Å²) < 4.78 is 3.73. The minimum Gasteiger partial charge on any atom is -0.336 e. The second-order valence-electron chi connectivity index (χ2n) is 8.64. The maximum atomic E-state index is 13.6. The molecular weight excluding hydrogens is 414 g/mol. The molecule has 8 heteroatoms. The molecule has 0 radical (unpaired) electrons. The van der Waals surface area contributed by atoms with Crippen LogP contribution in [0.4, 0.5) is 0 Å². The van der Waals surface area contributed by atoms with E-state index in [-0.39, 0.29) is 5.91 Å². The van der Waals surface area contributed by atoms with Crippen LogP contribution in [0.15, 0.2) is 48.9 Å². The lowest BCUT2D eigenvalue weighted by atomic mass is 10.0. The Bertz CT molecular complexity index is 1300. The van der Waals surface area contributed by atoms with Crippen LogP contribution in [0.25, 0.3) is 22.2 Å². The molecule has 8 nitrogen and oxygen atoms in total. The number of aromatic nitrogens is 5. The zero-order valence-electron chi connectivity index (χ0n) is 19.4. The molecule has 3 aromatic heterocycles. The van der Waals surface area contributed by atoms with E-state index in [1.54, 1.807) is 10.9 Å². The maximum absolute atomic E-state index is 13.6. The number of carbonyl (C=O) groups is 1. The molecule has 0 aliphatic carbocycles. The smallest absolute Gasteiger partial charge is 0.254 e. The van der Waals surface area contributed by atoms with Crippen molar-refractivity contribution in [2.24, 2.45) is 7.05 Å². The standard InChI is InChI=1S/C25H29N7O/c1-4-32-17-20(18(2)28-32)16-30-9-11-31(12-10-30)25(33)22-13-24(19-14-26-29(3)15-19)27-23-8-6-5-7-21(22)23/h5-8,13-15,17H,4,9-12,16H2,1-3H3. The molecule has 0 N–H and O–H groups in total. The van der Waals surface area contributed by atoms with E-state index in [9.17, 15) is 4.79 Å². The van der Waals surface area contributed by atoms with Crippen LogP contribution in [0.5, 0.6) is 0 Å². The quantitative estimate of drug-likeness (QED) is 0.474. The summed E-state index contributed by atoms with van der Waals surface area (Å²) in [6, 6.07) is 9.77. The highest BCUT2D eigenvalue weighted by Gasteiger charge is 2.25. The van der Waals surface area contributed by atoms with Crippen LogP contribution >= 0.6 is 0 Å². The molecule has 1 aliphatic rings. The average Bonchev–Trinajstić information content (AvgIpc) is 3.43. The van der Waals surface area contributed by atoms with Gasteiger partial charge in [0.2, 0.25) is 0 Å². The summed E-state index contributed by atoms with van der Waals surface area (Å²) in [4.78, 5) is 22.8. The molecule has 33 heavy (non-hydrogen) atoms. The van der Waals surface area contributed by atoms with Gasteiger partial charge in [0.05, 0.1) is 28.7 Å². The van der Waals surface area contributed by atoms with Crippen LogP contribution < -0.4 is 0 Å². The number of aryl methyl sites for hydroxylation is 3. The Balaban J connectivity index is 1.35. The van der Waals surface area contributed by atoms with Gasteiger partial charge in [-0.15, -0.1) is 0 Å². The first kappa shape index (κ1) is 21.3. The predicted molar refractivity (Wildman–Crippen MR) is 128 cm³/mol. The number of para-hydroxylation sites is 1. The van der Waals surface area contributed by atoms with Crippen LogP contribution in [0.3, 0.4) is 0 Å². The van der Waals surface area contributed by atoms with Crippen LogP contribution in [-0.4, -0.2) is 66.4 Å². The summed E-state index contributed by atoms with van der Waals surface area (Å²) in [7, 11) is 1.88. The van der Waals surface area contributed by atoms with Gasteiger partial charge in [0, 0.05) is 75.2 Å². The summed E-state index contributed by atoms with van der Waals surface area (Å²) >= 11 is 0. The lowest BCUT2D eigenvalue weighted by Crippen LogP contribution is -2.48. The van der Waals surface area contributed by atoms with Gasteiger partial charge in [0.15, 0.2) is 0 Å². The van der Waals surface area contributed by atoms with Gasteiger partial charge in [-0.2, -0.15) is 10.2 Å². The van der Waals surface area contributed by atoms with Crippen molar-refractivity contribution in [1.29, 1.82) is 0 Å². The van der Waals surface area contributed by atoms with Crippen LogP contribution in [0.1, 0.15) is 28.5 Å². The van der Waals surface area contributed by atoms with Crippen molar-refractivity contribution in [2.45, 2.75) is 26.9 Å². The zero-order valence-corrected chi connectivity index (χ0v) is 19.4. The summed E-state index contributed by atoms with van der Waals surface area (Å²) in [5, 5.41) is 9.71. The monoisotopic (exact) mass is 443 g/mol. The highest BCUT2D eigenvalue weighted by molar-refractivity contribution is 6.07. The van der Waals surface area contributed by atoms with Crippen molar-refractivity contribution < 1.29 is 4.79 Å². The Kier molecular flexibility index (Phi) is 5.68. The van der Waals surface area contributed by atoms with E-state index in [2.05, 4.69) is 35.1 Å². The SMILES string of the molecule is CCn1cc(CN2CCN(C(=O)c3cc(-c4cnn(C)c4)nc4ccccc34)CC2)c(C)n1. The van der Waals surface area contributed by atoms with E-state index in [0.717, 1.165) is 54.0 Å². The van der Waals surface area contributed by atoms with Gasteiger partial charge in [0.25, 0.3) is 5.91 Å². The van der Waals surface area contributed by atoms with Gasteiger partial charge < -0.3 is 4.90 Å². The third-order valence-corrected chi connectivity index (χ3v) is 6.37. The molecule has 1 fully saturated rings. The number of hydrogen-bond donors (Lipinski definition) is 0. The highest BCUT2D eigenvalue weighted by Crippen LogP contribution is 2.26. The molecule has 1 amide bonds. The Morgan fingerprint density at radius 2 is 1.88 bits per heavy atom. The largest absolute Gasteiger partial charge is 0.336 e. The average molecular weight is 444 g/mol. The summed E-state index contributed by atoms with van der Waals surface area (Å²) in [5.74, 6) is 0.0633. The number of carbonyl (C=O) groups excluding carboxylic acids is 1. The molecule has 1 aromatic carbocycles. The van der Waals surface area contributed by atoms with E-state index in [1.807, 2.05) is 53.2 Å². The van der Waals surface area contributed by atoms with E-state index in [4.69, 9.17) is 4.98 Å². The third kappa shape index (κ3) is 4.26. The molecule has 170 valence electrons. The minimum absolute atomic E-state index is 0.0633. The van der Waals surface area contributed by atoms with Crippen molar-refractivity contribution in [1.82, 2.24) is 34.3 Å². The Labute approximate surface area is 193 Å². The molecular formula is C25H29N7O. The van der Waals surface area contributed by atoms with E-state index >= 15 is 0 Å². The number of benzene rings is 1. The first-order chi connectivity index (χ1) is 16.0. The van der Waals surface area contributed by atoms with E-state index < -0.39 is 0 Å². The summed E-state index contributed by atoms with van der Waals surface area (Å²) in [6.07, 6.45) is 5.84. The van der Waals surface area contributed by atoms with Gasteiger partial charge >= 0.3 is 0 Å². The molecule has 0 atom stereocenters. The van der Waals surface area contributed by atoms with Gasteiger partial charge in [0.1, 0.15) is 0 Å². The number of hydrogen-bond acceptors (Lipinski definition) is 5. The number of nitrogens with zero attached hydrogens (tertiary/aromatic N) is 7. The van der Waals surface area contributed by atoms with Crippen LogP contribution in [-0.2, 0) is 20.1 Å². The predicted octanol–water partition coefficient (Wildman–Crippen LogP) is 3.12. The maximum Gasteiger partial charge on any atom is 0.254 e. The van der Waals surface area contributed by atoms with Gasteiger partial charge in [-0.1, -0.05) is 18.2 Å². The molecule has 5 rings (SSSR count). The molecule has 0 saturated carbocycles. The van der Waals surface area contributed by atoms with Crippen LogP contribution in [0.2, 0.25) is 0 Å². The molecule has 0 unspecified atom stereocenters. The molecule has 4 aromatic rings. The van der Waals surface area contributed by atoms with Crippen LogP contribution in [0, 0.1) is 6.92 Å². The number of amides is 1. The first-order valence-corrected chi connectivity index (χ1v) is 11.4. The molecule has 4 heterocycles.